The first kappa shape index (κ1) is 18.7. The highest BCUT2D eigenvalue weighted by atomic mass is 32.2. The SMILES string of the molecule is CCc1ccc(C(=O)N2CCOc3ccc(C=C4SC(=S)NC4=O)cc32)cc1. The van der Waals surface area contributed by atoms with E-state index in [1.807, 2.05) is 42.5 Å². The van der Waals surface area contributed by atoms with Gasteiger partial charge in [0.05, 0.1) is 17.1 Å². The minimum Gasteiger partial charge on any atom is -0.490 e. The fourth-order valence-corrected chi connectivity index (χ4v) is 4.19. The maximum absolute atomic E-state index is 13.1. The third-order valence-electron chi connectivity index (χ3n) is 4.64. The Hall–Kier alpha value is -2.64. The van der Waals surface area contributed by atoms with E-state index < -0.39 is 0 Å². The third-order valence-corrected chi connectivity index (χ3v) is 5.80. The molecule has 0 atom stereocenters. The van der Waals surface area contributed by atoms with Crippen LogP contribution >= 0.6 is 24.0 Å². The Kier molecular flexibility index (Phi) is 5.19. The summed E-state index contributed by atoms with van der Waals surface area (Å²) < 4.78 is 6.17. The maximum Gasteiger partial charge on any atom is 0.263 e. The van der Waals surface area contributed by atoms with Crippen molar-refractivity contribution in [2.45, 2.75) is 13.3 Å². The lowest BCUT2D eigenvalue weighted by Crippen LogP contribution is -2.38. The second-order valence-electron chi connectivity index (χ2n) is 6.44. The lowest BCUT2D eigenvalue weighted by atomic mass is 10.1. The number of hydrogen-bond donors (Lipinski definition) is 1. The monoisotopic (exact) mass is 410 g/mol. The van der Waals surface area contributed by atoms with E-state index in [-0.39, 0.29) is 11.8 Å². The van der Waals surface area contributed by atoms with E-state index in [9.17, 15) is 9.59 Å². The van der Waals surface area contributed by atoms with E-state index in [2.05, 4.69) is 12.2 Å². The zero-order chi connectivity index (χ0) is 19.7. The number of fused-ring (bicyclic) bond motifs is 1. The number of ether oxygens (including phenoxy) is 1. The van der Waals surface area contributed by atoms with Crippen LogP contribution < -0.4 is 15.0 Å². The van der Waals surface area contributed by atoms with Crippen LogP contribution in [0.3, 0.4) is 0 Å². The second kappa shape index (κ2) is 7.77. The molecule has 2 aromatic rings. The molecule has 0 unspecified atom stereocenters. The molecule has 4 rings (SSSR count). The minimum atomic E-state index is -0.201. The van der Waals surface area contributed by atoms with E-state index in [4.69, 9.17) is 17.0 Å². The minimum absolute atomic E-state index is 0.0637. The Labute approximate surface area is 172 Å². The van der Waals surface area contributed by atoms with Crippen LogP contribution in [0.5, 0.6) is 5.75 Å². The molecule has 0 saturated carbocycles. The normalized spacial score (nSPS) is 17.3. The Balaban J connectivity index is 1.66. The summed E-state index contributed by atoms with van der Waals surface area (Å²) in [6.07, 6.45) is 2.70. The number of nitrogens with one attached hydrogen (secondary N) is 1. The van der Waals surface area contributed by atoms with E-state index in [0.717, 1.165) is 12.0 Å². The molecule has 2 aliphatic rings. The topological polar surface area (TPSA) is 58.6 Å². The predicted molar refractivity (Wildman–Crippen MR) is 116 cm³/mol. The van der Waals surface area contributed by atoms with Crippen molar-refractivity contribution < 1.29 is 14.3 Å². The molecule has 0 aromatic heterocycles. The average Bonchev–Trinajstić information content (AvgIpc) is 3.03. The molecule has 0 aliphatic carbocycles. The molecule has 7 heteroatoms. The number of thiocarbonyl (C=S) groups is 1. The number of amides is 2. The van der Waals surface area contributed by atoms with Gasteiger partial charge in [0.25, 0.3) is 11.8 Å². The van der Waals surface area contributed by atoms with Crippen LogP contribution in [0.2, 0.25) is 0 Å². The molecule has 0 spiro atoms. The highest BCUT2D eigenvalue weighted by Crippen LogP contribution is 2.35. The molecule has 1 N–H and O–H groups in total. The summed E-state index contributed by atoms with van der Waals surface area (Å²) in [6.45, 7) is 3.00. The Morgan fingerprint density at radius 1 is 1.29 bits per heavy atom. The van der Waals surface area contributed by atoms with Crippen LogP contribution in [0.1, 0.15) is 28.4 Å². The third kappa shape index (κ3) is 3.68. The first-order valence-electron chi connectivity index (χ1n) is 8.97. The van der Waals surface area contributed by atoms with E-state index in [0.29, 0.717) is 39.4 Å². The van der Waals surface area contributed by atoms with Gasteiger partial charge < -0.3 is 15.0 Å². The fourth-order valence-electron chi connectivity index (χ4n) is 3.15. The van der Waals surface area contributed by atoms with Gasteiger partial charge in [-0.2, -0.15) is 0 Å². The molecule has 2 aliphatic heterocycles. The van der Waals surface area contributed by atoms with Gasteiger partial charge in [0, 0.05) is 5.56 Å². The molecular weight excluding hydrogens is 392 g/mol. The van der Waals surface area contributed by atoms with Gasteiger partial charge in [0.1, 0.15) is 16.7 Å². The molecule has 1 saturated heterocycles. The summed E-state index contributed by atoms with van der Waals surface area (Å²) in [7, 11) is 0. The molecule has 2 amide bonds. The summed E-state index contributed by atoms with van der Waals surface area (Å²) in [5.74, 6) is 0.394. The molecular formula is C21H18N2O3S2. The van der Waals surface area contributed by atoms with Crippen molar-refractivity contribution in [1.82, 2.24) is 5.32 Å². The number of rotatable bonds is 3. The van der Waals surface area contributed by atoms with Gasteiger partial charge in [0.15, 0.2) is 0 Å². The van der Waals surface area contributed by atoms with Gasteiger partial charge in [-0.3, -0.25) is 9.59 Å². The molecule has 0 bridgehead atoms. The number of nitrogens with zero attached hydrogens (tertiary/aromatic N) is 1. The van der Waals surface area contributed by atoms with Gasteiger partial charge in [-0.15, -0.1) is 0 Å². The summed E-state index contributed by atoms with van der Waals surface area (Å²) in [5, 5.41) is 2.61. The quantitative estimate of drug-likeness (QED) is 0.617. The van der Waals surface area contributed by atoms with Crippen molar-refractivity contribution in [3.05, 3.63) is 64.1 Å². The number of hydrogen-bond acceptors (Lipinski definition) is 5. The fraction of sp³-hybridized carbons (Fsp3) is 0.190. The number of carbonyl (C=O) groups excluding carboxylic acids is 2. The van der Waals surface area contributed by atoms with Crippen molar-refractivity contribution in [2.24, 2.45) is 0 Å². The van der Waals surface area contributed by atoms with Crippen molar-refractivity contribution in [2.75, 3.05) is 18.1 Å². The summed E-state index contributed by atoms with van der Waals surface area (Å²) in [5.41, 5.74) is 3.35. The predicted octanol–water partition coefficient (Wildman–Crippen LogP) is 3.78. The number of carbonyl (C=O) groups is 2. The van der Waals surface area contributed by atoms with Crippen molar-refractivity contribution in [1.29, 1.82) is 0 Å². The van der Waals surface area contributed by atoms with Crippen LogP contribution in [-0.2, 0) is 11.2 Å². The molecule has 28 heavy (non-hydrogen) atoms. The van der Waals surface area contributed by atoms with E-state index in [1.54, 1.807) is 11.0 Å². The lowest BCUT2D eigenvalue weighted by molar-refractivity contribution is -0.115. The standard InChI is InChI=1S/C21H18N2O3S2/c1-2-13-3-6-15(7-4-13)20(25)23-9-10-26-17-8-5-14(11-16(17)23)12-18-19(24)22-21(27)28-18/h3-8,11-12H,2,9-10H2,1H3,(H,22,24,27). The number of aryl methyl sites for hydroxylation is 1. The Morgan fingerprint density at radius 3 is 2.75 bits per heavy atom. The van der Waals surface area contributed by atoms with Crippen molar-refractivity contribution in [3.63, 3.8) is 0 Å². The number of anilines is 1. The number of thioether (sulfide) groups is 1. The van der Waals surface area contributed by atoms with Gasteiger partial charge >= 0.3 is 0 Å². The Morgan fingerprint density at radius 2 is 2.07 bits per heavy atom. The first-order valence-corrected chi connectivity index (χ1v) is 10.2. The first-order chi connectivity index (χ1) is 13.5. The zero-order valence-electron chi connectivity index (χ0n) is 15.2. The van der Waals surface area contributed by atoms with Gasteiger partial charge in [-0.25, -0.2) is 0 Å². The summed E-state index contributed by atoms with van der Waals surface area (Å²) >= 11 is 6.26. The van der Waals surface area contributed by atoms with Gasteiger partial charge in [0.2, 0.25) is 0 Å². The average molecular weight is 411 g/mol. The Bertz CT molecular complexity index is 999. The van der Waals surface area contributed by atoms with Crippen LogP contribution in [0.4, 0.5) is 5.69 Å². The highest BCUT2D eigenvalue weighted by molar-refractivity contribution is 8.26. The van der Waals surface area contributed by atoms with Crippen molar-refractivity contribution >= 4 is 51.9 Å². The molecule has 2 heterocycles. The van der Waals surface area contributed by atoms with Gasteiger partial charge in [-0.1, -0.05) is 49.1 Å². The highest BCUT2D eigenvalue weighted by Gasteiger charge is 2.26. The second-order valence-corrected chi connectivity index (χ2v) is 8.15. The molecule has 0 radical (unpaired) electrons. The maximum atomic E-state index is 13.1. The number of benzene rings is 2. The van der Waals surface area contributed by atoms with Crippen LogP contribution in [0.15, 0.2) is 47.4 Å². The van der Waals surface area contributed by atoms with Crippen LogP contribution in [0, 0.1) is 0 Å². The molecule has 142 valence electrons. The molecule has 5 nitrogen and oxygen atoms in total. The molecule has 1 fully saturated rings. The van der Waals surface area contributed by atoms with Crippen LogP contribution in [-0.4, -0.2) is 29.3 Å². The van der Waals surface area contributed by atoms with E-state index in [1.165, 1.54) is 17.3 Å². The van der Waals surface area contributed by atoms with Crippen LogP contribution in [0.25, 0.3) is 6.08 Å². The summed E-state index contributed by atoms with van der Waals surface area (Å²) in [4.78, 5) is 27.3. The zero-order valence-corrected chi connectivity index (χ0v) is 16.9. The lowest BCUT2D eigenvalue weighted by Gasteiger charge is -2.30. The molecule has 2 aromatic carbocycles. The largest absolute Gasteiger partial charge is 0.490 e. The van der Waals surface area contributed by atoms with E-state index >= 15 is 0 Å². The smallest absolute Gasteiger partial charge is 0.263 e. The van der Waals surface area contributed by atoms with Gasteiger partial charge in [-0.05, 0) is 47.9 Å². The summed E-state index contributed by atoms with van der Waals surface area (Å²) in [6, 6.07) is 13.3. The van der Waals surface area contributed by atoms with Crippen molar-refractivity contribution in [3.8, 4) is 5.75 Å².